The Hall–Kier alpha value is -3.48. The fraction of sp³-hybridized carbons (Fsp3) is 0.190. The average molecular weight is 507 g/mol. The summed E-state index contributed by atoms with van der Waals surface area (Å²) >= 11 is 5.89. The molecule has 1 atom stereocenters. The van der Waals surface area contributed by atoms with Crippen molar-refractivity contribution in [2.24, 2.45) is 5.14 Å². The molecular formula is C21H20ClFN6O4S. The number of aromatic nitrogens is 2. The molecule has 1 aromatic heterocycles. The summed E-state index contributed by atoms with van der Waals surface area (Å²) in [7, 11) is -0.727. The summed E-state index contributed by atoms with van der Waals surface area (Å²) in [5, 5.41) is 10.8. The summed E-state index contributed by atoms with van der Waals surface area (Å²) in [6, 6.07) is 9.21. The number of hydrogen-bond donors (Lipinski definition) is 3. The van der Waals surface area contributed by atoms with Crippen LogP contribution in [-0.2, 0) is 21.2 Å². The number of amides is 1. The molecule has 0 saturated carbocycles. The van der Waals surface area contributed by atoms with Crippen LogP contribution in [-0.4, -0.2) is 49.4 Å². The van der Waals surface area contributed by atoms with Gasteiger partial charge < -0.3 is 20.3 Å². The number of rotatable bonds is 6. The molecule has 0 fully saturated rings. The molecular weight excluding hydrogens is 487 g/mol. The van der Waals surface area contributed by atoms with Crippen molar-refractivity contribution in [1.29, 1.82) is 0 Å². The fourth-order valence-corrected chi connectivity index (χ4v) is 4.40. The molecule has 0 saturated heterocycles. The highest BCUT2D eigenvalue weighted by Gasteiger charge is 2.30. The van der Waals surface area contributed by atoms with Crippen LogP contribution in [0.5, 0.6) is 5.75 Å². The summed E-state index contributed by atoms with van der Waals surface area (Å²) in [5.74, 6) is -0.365. The van der Waals surface area contributed by atoms with E-state index in [9.17, 15) is 17.6 Å². The van der Waals surface area contributed by atoms with E-state index < -0.39 is 21.9 Å². The van der Waals surface area contributed by atoms with E-state index in [0.29, 0.717) is 17.9 Å². The van der Waals surface area contributed by atoms with Gasteiger partial charge in [-0.05, 0) is 36.4 Å². The molecule has 10 nitrogen and oxygen atoms in total. The Bertz CT molecular complexity index is 1390. The van der Waals surface area contributed by atoms with Gasteiger partial charge >= 0.3 is 0 Å². The molecule has 2 heterocycles. The van der Waals surface area contributed by atoms with Crippen LogP contribution in [0.25, 0.3) is 0 Å². The Kier molecular flexibility index (Phi) is 6.30. The minimum Gasteiger partial charge on any atom is -0.480 e. The van der Waals surface area contributed by atoms with Gasteiger partial charge in [-0.1, -0.05) is 11.6 Å². The number of ether oxygens (including phenoxy) is 1. The predicted molar refractivity (Wildman–Crippen MR) is 125 cm³/mol. The van der Waals surface area contributed by atoms with Crippen molar-refractivity contribution in [1.82, 2.24) is 14.9 Å². The number of halogens is 2. The van der Waals surface area contributed by atoms with E-state index in [1.54, 1.807) is 32.3 Å². The van der Waals surface area contributed by atoms with E-state index in [1.165, 1.54) is 23.1 Å². The molecule has 1 amide bonds. The van der Waals surface area contributed by atoms with Gasteiger partial charge in [0.15, 0.2) is 17.7 Å². The van der Waals surface area contributed by atoms with Gasteiger partial charge in [0.25, 0.3) is 5.91 Å². The maximum Gasteiger partial charge on any atom is 0.263 e. The second kappa shape index (κ2) is 9.05. The van der Waals surface area contributed by atoms with Gasteiger partial charge in [0.1, 0.15) is 10.6 Å². The standard InChI is InChI=1S/C21H20ClFN6O4S/c1-29(2)20(30)17-8-11-7-12(4-6-16(11)33-17)26-19-15(23)10-25-21(28-19)27-13-3-5-14(22)18(9-13)34(24,31)32/h3-7,9-10,17H,8H2,1-2H3,(H2,24,31,32)(H2,25,26,27,28). The highest BCUT2D eigenvalue weighted by atomic mass is 35.5. The van der Waals surface area contributed by atoms with Crippen LogP contribution in [0.2, 0.25) is 5.02 Å². The van der Waals surface area contributed by atoms with E-state index in [1.807, 2.05) is 0 Å². The van der Waals surface area contributed by atoms with Crippen LogP contribution in [0.3, 0.4) is 0 Å². The smallest absolute Gasteiger partial charge is 0.263 e. The molecule has 4 N–H and O–H groups in total. The third-order valence-electron chi connectivity index (χ3n) is 4.95. The monoisotopic (exact) mass is 506 g/mol. The van der Waals surface area contributed by atoms with Crippen LogP contribution < -0.4 is 20.5 Å². The summed E-state index contributed by atoms with van der Waals surface area (Å²) < 4.78 is 43.4. The Morgan fingerprint density at radius 3 is 2.62 bits per heavy atom. The first-order valence-electron chi connectivity index (χ1n) is 9.91. The lowest BCUT2D eigenvalue weighted by Gasteiger charge is -2.15. The number of hydrogen-bond acceptors (Lipinski definition) is 8. The van der Waals surface area contributed by atoms with Gasteiger partial charge in [0.05, 0.1) is 11.2 Å². The van der Waals surface area contributed by atoms with Crippen LogP contribution in [0, 0.1) is 5.82 Å². The number of nitrogens with one attached hydrogen (secondary N) is 2. The summed E-state index contributed by atoms with van der Waals surface area (Å²) in [5.41, 5.74) is 1.62. The highest BCUT2D eigenvalue weighted by Crippen LogP contribution is 2.33. The molecule has 0 bridgehead atoms. The number of benzene rings is 2. The minimum absolute atomic E-state index is 0.00716. The Balaban J connectivity index is 1.54. The molecule has 1 aliphatic heterocycles. The van der Waals surface area contributed by atoms with Crippen molar-refractivity contribution < 1.29 is 22.3 Å². The van der Waals surface area contributed by atoms with E-state index in [-0.39, 0.29) is 33.3 Å². The molecule has 178 valence electrons. The SMILES string of the molecule is CN(C)C(=O)C1Cc2cc(Nc3nc(Nc4ccc(Cl)c(S(N)(=O)=O)c4)ncc3F)ccc2O1. The first kappa shape index (κ1) is 23.7. The number of likely N-dealkylation sites (N-methyl/N-ethyl adjacent to an activating group) is 1. The number of anilines is 4. The van der Waals surface area contributed by atoms with Gasteiger partial charge in [-0.2, -0.15) is 4.98 Å². The first-order valence-corrected chi connectivity index (χ1v) is 11.8. The van der Waals surface area contributed by atoms with Crippen LogP contribution in [0.4, 0.5) is 27.5 Å². The fourth-order valence-electron chi connectivity index (χ4n) is 3.33. The van der Waals surface area contributed by atoms with Gasteiger partial charge in [-0.15, -0.1) is 0 Å². The molecule has 13 heteroatoms. The molecule has 0 radical (unpaired) electrons. The molecule has 4 rings (SSSR count). The molecule has 1 aliphatic rings. The molecule has 2 aromatic carbocycles. The van der Waals surface area contributed by atoms with E-state index in [0.717, 1.165) is 11.8 Å². The van der Waals surface area contributed by atoms with Crippen molar-refractivity contribution in [3.05, 3.63) is 59.0 Å². The Labute approximate surface area is 200 Å². The normalized spacial score (nSPS) is 14.8. The zero-order chi connectivity index (χ0) is 24.6. The lowest BCUT2D eigenvalue weighted by molar-refractivity contribution is -0.135. The summed E-state index contributed by atoms with van der Waals surface area (Å²) in [6.07, 6.45) is 0.758. The summed E-state index contributed by atoms with van der Waals surface area (Å²) in [4.78, 5) is 21.4. The molecule has 34 heavy (non-hydrogen) atoms. The lowest BCUT2D eigenvalue weighted by atomic mass is 10.1. The largest absolute Gasteiger partial charge is 0.480 e. The first-order chi connectivity index (χ1) is 16.0. The maximum atomic E-state index is 14.4. The van der Waals surface area contributed by atoms with E-state index in [2.05, 4.69) is 20.6 Å². The highest BCUT2D eigenvalue weighted by molar-refractivity contribution is 7.89. The van der Waals surface area contributed by atoms with Crippen LogP contribution in [0.1, 0.15) is 5.56 Å². The van der Waals surface area contributed by atoms with Crippen molar-refractivity contribution >= 4 is 50.7 Å². The van der Waals surface area contributed by atoms with Gasteiger partial charge in [0.2, 0.25) is 16.0 Å². The molecule has 1 unspecified atom stereocenters. The number of fused-ring (bicyclic) bond motifs is 1. The number of primary sulfonamides is 1. The number of nitrogens with two attached hydrogens (primary N) is 1. The molecule has 3 aromatic rings. The number of carbonyl (C=O) groups is 1. The maximum absolute atomic E-state index is 14.4. The van der Waals surface area contributed by atoms with Crippen LogP contribution >= 0.6 is 11.6 Å². The van der Waals surface area contributed by atoms with E-state index in [4.69, 9.17) is 21.5 Å². The topological polar surface area (TPSA) is 140 Å². The zero-order valence-corrected chi connectivity index (χ0v) is 19.6. The van der Waals surface area contributed by atoms with Crippen LogP contribution in [0.15, 0.2) is 47.5 Å². The number of carbonyl (C=O) groups excluding carboxylic acids is 1. The Morgan fingerprint density at radius 1 is 1.21 bits per heavy atom. The van der Waals surface area contributed by atoms with Gasteiger partial charge in [-0.25, -0.2) is 22.9 Å². The van der Waals surface area contributed by atoms with Gasteiger partial charge in [0, 0.05) is 37.5 Å². The molecule has 0 spiro atoms. The van der Waals surface area contributed by atoms with Crippen molar-refractivity contribution in [3.8, 4) is 5.75 Å². The average Bonchev–Trinajstić information content (AvgIpc) is 3.19. The minimum atomic E-state index is -4.04. The number of nitrogens with zero attached hydrogens (tertiary/aromatic N) is 3. The summed E-state index contributed by atoms with van der Waals surface area (Å²) in [6.45, 7) is 0. The second-order valence-electron chi connectivity index (χ2n) is 7.70. The van der Waals surface area contributed by atoms with Crippen molar-refractivity contribution in [2.75, 3.05) is 24.7 Å². The third-order valence-corrected chi connectivity index (χ3v) is 6.34. The molecule has 0 aliphatic carbocycles. The predicted octanol–water partition coefficient (Wildman–Crippen LogP) is 2.80. The Morgan fingerprint density at radius 2 is 1.91 bits per heavy atom. The lowest BCUT2D eigenvalue weighted by Crippen LogP contribution is -2.36. The third kappa shape index (κ3) is 5.03. The van der Waals surface area contributed by atoms with Gasteiger partial charge in [-0.3, -0.25) is 4.79 Å². The number of sulfonamides is 1. The van der Waals surface area contributed by atoms with Crippen molar-refractivity contribution in [3.63, 3.8) is 0 Å². The second-order valence-corrected chi connectivity index (χ2v) is 9.63. The van der Waals surface area contributed by atoms with Crippen molar-refractivity contribution in [2.45, 2.75) is 17.4 Å². The zero-order valence-electron chi connectivity index (χ0n) is 18.0. The quantitative estimate of drug-likeness (QED) is 0.463. The van der Waals surface area contributed by atoms with E-state index >= 15 is 0 Å².